The van der Waals surface area contributed by atoms with E-state index in [1.807, 2.05) is 24.3 Å². The van der Waals surface area contributed by atoms with Crippen LogP contribution in [0.4, 0.5) is 5.69 Å². The first-order chi connectivity index (χ1) is 10.2. The smallest absolute Gasteiger partial charge is 0.303 e. The molecule has 0 atom stereocenters. The zero-order chi connectivity index (χ0) is 16.1. The first-order valence-corrected chi connectivity index (χ1v) is 7.62. The van der Waals surface area contributed by atoms with E-state index in [9.17, 15) is 4.79 Å². The summed E-state index contributed by atoms with van der Waals surface area (Å²) in [7, 11) is 0. The van der Waals surface area contributed by atoms with E-state index in [1.54, 1.807) is 0 Å². The van der Waals surface area contributed by atoms with Crippen molar-refractivity contribution in [2.24, 2.45) is 0 Å². The van der Waals surface area contributed by atoms with Crippen molar-refractivity contribution in [2.75, 3.05) is 29.7 Å². The van der Waals surface area contributed by atoms with E-state index in [-0.39, 0.29) is 6.42 Å². The molecule has 0 heterocycles. The molecule has 0 spiro atoms. The molecular formula is C14H20Cl2N2O3. The van der Waals surface area contributed by atoms with Gasteiger partial charge in [0, 0.05) is 37.0 Å². The Hall–Kier alpha value is -1.33. The van der Waals surface area contributed by atoms with E-state index in [0.717, 1.165) is 30.8 Å². The molecule has 1 aromatic carbocycles. The highest BCUT2D eigenvalue weighted by Crippen LogP contribution is 2.16. The summed E-state index contributed by atoms with van der Waals surface area (Å²) in [6.45, 7) is 1.54. The van der Waals surface area contributed by atoms with Gasteiger partial charge in [-0.2, -0.15) is 4.91 Å². The van der Waals surface area contributed by atoms with Gasteiger partial charge in [-0.3, -0.25) is 4.79 Å². The third-order valence-electron chi connectivity index (χ3n) is 2.87. The van der Waals surface area contributed by atoms with Gasteiger partial charge in [0.1, 0.15) is 0 Å². The van der Waals surface area contributed by atoms with Crippen LogP contribution in [0.5, 0.6) is 0 Å². The number of carboxylic acids is 1. The first-order valence-electron chi connectivity index (χ1n) is 6.55. The molecule has 0 aliphatic carbocycles. The quantitative estimate of drug-likeness (QED) is 0.532. The van der Waals surface area contributed by atoms with Crippen LogP contribution < -0.4 is 4.90 Å². The Kier molecular flexibility index (Phi) is 11.6. The van der Waals surface area contributed by atoms with Crippen molar-refractivity contribution < 1.29 is 9.90 Å². The molecule has 0 radical (unpaired) electrons. The van der Waals surface area contributed by atoms with E-state index in [1.165, 1.54) is 0 Å². The molecule has 1 aromatic rings. The number of hydrogen-bond acceptors (Lipinski definition) is 4. The van der Waals surface area contributed by atoms with Crippen molar-refractivity contribution in [3.63, 3.8) is 0 Å². The molecule has 2 N–H and O–H groups in total. The van der Waals surface area contributed by atoms with E-state index >= 15 is 0 Å². The lowest BCUT2D eigenvalue weighted by Crippen LogP contribution is -2.27. The first kappa shape index (κ1) is 19.7. The molecule has 0 aliphatic rings. The van der Waals surface area contributed by atoms with Crippen LogP contribution in [0.25, 0.3) is 0 Å². The second-order valence-corrected chi connectivity index (χ2v) is 5.03. The topological polar surface area (TPSA) is 81.5 Å². The van der Waals surface area contributed by atoms with Gasteiger partial charge >= 0.3 is 5.97 Å². The number of carboxylic acid groups (broad SMARTS) is 1. The Morgan fingerprint density at radius 1 is 1.10 bits per heavy atom. The molecule has 0 unspecified atom stereocenters. The predicted molar refractivity (Wildman–Crippen MR) is 86.8 cm³/mol. The van der Waals surface area contributed by atoms with Crippen LogP contribution in [0.1, 0.15) is 18.4 Å². The van der Waals surface area contributed by atoms with Gasteiger partial charge in [0.15, 0.2) is 0 Å². The lowest BCUT2D eigenvalue weighted by molar-refractivity contribution is -0.137. The van der Waals surface area contributed by atoms with Crippen molar-refractivity contribution in [1.29, 1.82) is 5.59 Å². The third kappa shape index (κ3) is 8.52. The lowest BCUT2D eigenvalue weighted by atomic mass is 10.1. The summed E-state index contributed by atoms with van der Waals surface area (Å²) in [5.41, 5.74) is 6.75. The molecule has 5 nitrogen and oxygen atoms in total. The number of hydrogen-bond donors (Lipinski definition) is 2. The highest BCUT2D eigenvalue weighted by atomic mass is 35.5. The van der Waals surface area contributed by atoms with Crippen LogP contribution in [0.3, 0.4) is 0 Å². The van der Waals surface area contributed by atoms with E-state index in [4.69, 9.17) is 33.2 Å². The third-order valence-corrected chi connectivity index (χ3v) is 3.20. The fourth-order valence-electron chi connectivity index (χ4n) is 1.89. The summed E-state index contributed by atoms with van der Waals surface area (Å²) in [6, 6.07) is 8.14. The van der Waals surface area contributed by atoms with Gasteiger partial charge in [-0.1, -0.05) is 17.7 Å². The zero-order valence-electron chi connectivity index (χ0n) is 11.7. The average molecular weight is 335 g/mol. The number of benzene rings is 1. The van der Waals surface area contributed by atoms with Crippen LogP contribution >= 0.6 is 23.2 Å². The SMILES string of the molecule is N=O.O=C(O)CCCc1ccc(N(CCCl)CCCl)cc1. The normalized spacial score (nSPS) is 9.62. The Morgan fingerprint density at radius 3 is 2.05 bits per heavy atom. The predicted octanol–water partition coefficient (Wildman–Crippen LogP) is 3.71. The number of anilines is 1. The number of nitroso groups, excluding NO2 is 1. The fraction of sp³-hybridized carbons (Fsp3) is 0.500. The number of nitrogens with zero attached hydrogens (tertiary/aromatic N) is 1. The summed E-state index contributed by atoms with van der Waals surface area (Å²) in [6.07, 6.45) is 1.67. The molecule has 21 heavy (non-hydrogen) atoms. The number of aliphatic carboxylic acids is 1. The molecular weight excluding hydrogens is 315 g/mol. The van der Waals surface area contributed by atoms with Gasteiger partial charge < -0.3 is 10.0 Å². The van der Waals surface area contributed by atoms with Crippen molar-refractivity contribution >= 4 is 34.9 Å². The van der Waals surface area contributed by atoms with E-state index in [2.05, 4.69) is 10.5 Å². The van der Waals surface area contributed by atoms with Gasteiger partial charge in [-0.25, -0.2) is 0 Å². The van der Waals surface area contributed by atoms with Crippen LogP contribution in [0.15, 0.2) is 24.3 Å². The Morgan fingerprint density at radius 2 is 1.62 bits per heavy atom. The largest absolute Gasteiger partial charge is 0.481 e. The number of rotatable bonds is 9. The highest BCUT2D eigenvalue weighted by molar-refractivity contribution is 6.18. The molecule has 0 saturated heterocycles. The maximum atomic E-state index is 10.4. The molecule has 0 amide bonds. The van der Waals surface area contributed by atoms with Gasteiger partial charge in [0.05, 0.1) is 0 Å². The van der Waals surface area contributed by atoms with Crippen molar-refractivity contribution in [3.05, 3.63) is 34.7 Å². The maximum Gasteiger partial charge on any atom is 0.303 e. The number of nitrogens with one attached hydrogen (secondary N) is 1. The molecule has 0 saturated carbocycles. The fourth-order valence-corrected chi connectivity index (χ4v) is 2.30. The summed E-state index contributed by atoms with van der Waals surface area (Å²) < 4.78 is 0. The molecule has 0 aromatic heterocycles. The van der Waals surface area contributed by atoms with Crippen LogP contribution in [0, 0.1) is 10.5 Å². The van der Waals surface area contributed by atoms with Crippen LogP contribution in [-0.2, 0) is 11.2 Å². The van der Waals surface area contributed by atoms with E-state index in [0.29, 0.717) is 18.2 Å². The molecule has 0 aliphatic heterocycles. The van der Waals surface area contributed by atoms with Gasteiger partial charge in [-0.05, 0) is 30.5 Å². The minimum absolute atomic E-state index is 0.215. The lowest BCUT2D eigenvalue weighted by Gasteiger charge is -2.23. The Labute approximate surface area is 134 Å². The molecule has 0 fully saturated rings. The summed E-state index contributed by atoms with van der Waals surface area (Å²) in [5.74, 6) is 0.390. The van der Waals surface area contributed by atoms with Crippen molar-refractivity contribution in [3.8, 4) is 0 Å². The number of carbonyl (C=O) groups is 1. The summed E-state index contributed by atoms with van der Waals surface area (Å²) in [5, 5.41) is 8.59. The zero-order valence-corrected chi connectivity index (χ0v) is 13.2. The second kappa shape index (κ2) is 12.4. The number of aryl methyl sites for hydroxylation is 1. The second-order valence-electron chi connectivity index (χ2n) is 4.28. The average Bonchev–Trinajstić information content (AvgIpc) is 2.49. The number of alkyl halides is 2. The Balaban J connectivity index is 0.00000191. The molecule has 0 bridgehead atoms. The van der Waals surface area contributed by atoms with Crippen LogP contribution in [-0.4, -0.2) is 35.9 Å². The summed E-state index contributed by atoms with van der Waals surface area (Å²) in [4.78, 5) is 20.1. The van der Waals surface area contributed by atoms with Crippen molar-refractivity contribution in [2.45, 2.75) is 19.3 Å². The minimum atomic E-state index is -0.743. The Bertz CT molecular complexity index is 396. The van der Waals surface area contributed by atoms with Gasteiger partial charge in [-0.15, -0.1) is 23.2 Å². The summed E-state index contributed by atoms with van der Waals surface area (Å²) >= 11 is 11.5. The maximum absolute atomic E-state index is 10.4. The number of halogens is 2. The van der Waals surface area contributed by atoms with Crippen molar-refractivity contribution in [1.82, 2.24) is 0 Å². The minimum Gasteiger partial charge on any atom is -0.481 e. The molecule has 118 valence electrons. The van der Waals surface area contributed by atoms with Gasteiger partial charge in [0.2, 0.25) is 0 Å². The highest BCUT2D eigenvalue weighted by Gasteiger charge is 2.05. The van der Waals surface area contributed by atoms with Crippen LogP contribution in [0.2, 0.25) is 0 Å². The van der Waals surface area contributed by atoms with E-state index < -0.39 is 5.97 Å². The molecule has 7 heteroatoms. The monoisotopic (exact) mass is 334 g/mol. The standard InChI is InChI=1S/C14H19Cl2NO2.HNO/c15-8-10-17(11-9-16)13-6-4-12(5-7-13)2-1-3-14(18)19;1-2/h4-7H,1-3,8-11H2,(H,18,19);1H. The van der Waals surface area contributed by atoms with Gasteiger partial charge in [0.25, 0.3) is 0 Å². The molecule has 1 rings (SSSR count).